The van der Waals surface area contributed by atoms with Gasteiger partial charge >= 0.3 is 0 Å². The van der Waals surface area contributed by atoms with Crippen LogP contribution in [0.1, 0.15) is 20.8 Å². The van der Waals surface area contributed by atoms with E-state index in [1.54, 1.807) is 36.4 Å². The highest BCUT2D eigenvalue weighted by Gasteiger charge is 2.20. The summed E-state index contributed by atoms with van der Waals surface area (Å²) in [6.45, 7) is 5.89. The zero-order valence-corrected chi connectivity index (χ0v) is 22.8. The number of hydrogen-bond donors (Lipinski definition) is 5. The first kappa shape index (κ1) is 27.6. The van der Waals surface area contributed by atoms with E-state index >= 15 is 0 Å². The molecule has 5 N–H and O–H groups in total. The Kier molecular flexibility index (Phi) is 7.88. The molecule has 1 heterocycles. The molecule has 0 aliphatic heterocycles. The summed E-state index contributed by atoms with van der Waals surface area (Å²) in [7, 11) is -2.68. The molecule has 0 radical (unpaired) electrons. The van der Waals surface area contributed by atoms with Crippen LogP contribution >= 0.6 is 0 Å². The van der Waals surface area contributed by atoms with Gasteiger partial charge in [0.1, 0.15) is 11.5 Å². The van der Waals surface area contributed by atoms with E-state index < -0.39 is 10.0 Å². The van der Waals surface area contributed by atoms with Crippen LogP contribution in [0, 0.1) is 0 Å². The number of nitrogens with one attached hydrogen (secondary N) is 4. The van der Waals surface area contributed by atoms with Crippen molar-refractivity contribution in [2.24, 2.45) is 0 Å². The monoisotopic (exact) mass is 550 g/mol. The Morgan fingerprint density at radius 3 is 2.28 bits per heavy atom. The van der Waals surface area contributed by atoms with Crippen LogP contribution in [0.25, 0.3) is 11.0 Å². The molecule has 0 aliphatic rings. The predicted molar refractivity (Wildman–Crippen MR) is 151 cm³/mol. The minimum absolute atomic E-state index is 0.0516. The summed E-state index contributed by atoms with van der Waals surface area (Å²) < 4.78 is 34.5. The van der Waals surface area contributed by atoms with E-state index in [2.05, 4.69) is 30.6 Å². The largest absolute Gasteiger partial charge is 0.508 e. The van der Waals surface area contributed by atoms with Crippen molar-refractivity contribution in [1.29, 1.82) is 0 Å². The van der Waals surface area contributed by atoms with Crippen LogP contribution in [-0.2, 0) is 14.8 Å². The molecule has 0 spiro atoms. The fraction of sp³-hybridized carbons (Fsp3) is 0.222. The van der Waals surface area contributed by atoms with Crippen molar-refractivity contribution in [3.8, 4) is 11.5 Å². The highest BCUT2D eigenvalue weighted by Crippen LogP contribution is 2.31. The van der Waals surface area contributed by atoms with Gasteiger partial charge in [-0.25, -0.2) is 18.4 Å². The number of aromatic hydroxyl groups is 1. The Balaban J connectivity index is 1.64. The van der Waals surface area contributed by atoms with Gasteiger partial charge < -0.3 is 25.8 Å². The summed E-state index contributed by atoms with van der Waals surface area (Å²) in [4.78, 5) is 21.3. The second kappa shape index (κ2) is 11.1. The Bertz CT molecular complexity index is 1620. The van der Waals surface area contributed by atoms with Crippen molar-refractivity contribution in [3.05, 3.63) is 66.7 Å². The number of phenols is 1. The molecule has 12 heteroatoms. The number of hydrogen-bond acceptors (Lipinski definition) is 9. The van der Waals surface area contributed by atoms with Gasteiger partial charge in [0.05, 0.1) is 29.6 Å². The number of anilines is 4. The van der Waals surface area contributed by atoms with Crippen molar-refractivity contribution >= 4 is 50.0 Å². The molecule has 39 heavy (non-hydrogen) atoms. The first-order valence-electron chi connectivity index (χ1n) is 12.0. The Morgan fingerprint density at radius 1 is 0.923 bits per heavy atom. The van der Waals surface area contributed by atoms with Gasteiger partial charge in [0, 0.05) is 35.1 Å². The van der Waals surface area contributed by atoms with Crippen LogP contribution in [0.2, 0.25) is 0 Å². The minimum Gasteiger partial charge on any atom is -0.508 e. The number of aromatic nitrogens is 2. The Labute approximate surface area is 226 Å². The third-order valence-corrected chi connectivity index (χ3v) is 6.74. The first-order chi connectivity index (χ1) is 18.4. The molecule has 11 nitrogen and oxygen atoms in total. The number of phenolic OH excluding ortho intramolecular Hbond substituents is 1. The molecule has 1 amide bonds. The summed E-state index contributed by atoms with van der Waals surface area (Å²) >= 11 is 0. The number of para-hydroxylation sites is 2. The van der Waals surface area contributed by atoms with Crippen LogP contribution in [0.4, 0.5) is 23.0 Å². The molecule has 0 bridgehead atoms. The third-order valence-electron chi connectivity index (χ3n) is 5.40. The number of amides is 1. The number of methoxy groups -OCH3 is 1. The fourth-order valence-corrected chi connectivity index (χ4v) is 4.60. The standard InChI is InChI=1S/C27H30N6O5S/c1-27(2,3)28-16-24(35)29-17-8-7-9-21(14-17)39(36,37)33-26-25(31-22-10-5-6-11-23(22)32-26)30-18-12-19(34)15-20(13-18)38-4/h5-15,28,34H,16H2,1-4H3,(H,29,35)(H,30,31)(H,32,33). The maximum Gasteiger partial charge on any atom is 0.263 e. The number of benzene rings is 3. The minimum atomic E-state index is -4.15. The van der Waals surface area contributed by atoms with Crippen LogP contribution in [0.3, 0.4) is 0 Å². The molecule has 0 saturated heterocycles. The van der Waals surface area contributed by atoms with Gasteiger partial charge in [-0.2, -0.15) is 0 Å². The molecule has 204 valence electrons. The molecule has 0 aliphatic carbocycles. The Morgan fingerprint density at radius 2 is 1.62 bits per heavy atom. The lowest BCUT2D eigenvalue weighted by atomic mass is 10.1. The van der Waals surface area contributed by atoms with Crippen molar-refractivity contribution in [2.75, 3.05) is 29.0 Å². The molecule has 0 unspecified atom stereocenters. The van der Waals surface area contributed by atoms with E-state index in [0.717, 1.165) is 0 Å². The molecule has 3 aromatic carbocycles. The lowest BCUT2D eigenvalue weighted by Gasteiger charge is -2.20. The average molecular weight is 551 g/mol. The highest BCUT2D eigenvalue weighted by atomic mass is 32.2. The number of sulfonamides is 1. The average Bonchev–Trinajstić information content (AvgIpc) is 2.87. The van der Waals surface area contributed by atoms with E-state index in [9.17, 15) is 18.3 Å². The van der Waals surface area contributed by atoms with E-state index in [1.165, 1.54) is 37.4 Å². The molecular weight excluding hydrogens is 520 g/mol. The van der Waals surface area contributed by atoms with Crippen molar-refractivity contribution in [3.63, 3.8) is 0 Å². The highest BCUT2D eigenvalue weighted by molar-refractivity contribution is 7.92. The quantitative estimate of drug-likeness (QED) is 0.206. The fourth-order valence-electron chi connectivity index (χ4n) is 3.55. The van der Waals surface area contributed by atoms with Crippen molar-refractivity contribution in [2.45, 2.75) is 31.2 Å². The number of ether oxygens (including phenoxy) is 1. The molecule has 0 atom stereocenters. The molecular formula is C27H30N6O5S. The van der Waals surface area contributed by atoms with Gasteiger partial charge in [0.15, 0.2) is 11.6 Å². The van der Waals surface area contributed by atoms with Gasteiger partial charge in [-0.15, -0.1) is 0 Å². The zero-order chi connectivity index (χ0) is 28.2. The topological polar surface area (TPSA) is 155 Å². The van der Waals surface area contributed by atoms with Crippen LogP contribution in [0.15, 0.2) is 71.6 Å². The van der Waals surface area contributed by atoms with Gasteiger partial charge in [-0.1, -0.05) is 18.2 Å². The van der Waals surface area contributed by atoms with Gasteiger partial charge in [0.25, 0.3) is 10.0 Å². The molecule has 4 aromatic rings. The van der Waals surface area contributed by atoms with Crippen LogP contribution in [0.5, 0.6) is 11.5 Å². The number of fused-ring (bicyclic) bond motifs is 1. The van der Waals surface area contributed by atoms with Gasteiger partial charge in [0.2, 0.25) is 5.91 Å². The van der Waals surface area contributed by atoms with E-state index in [4.69, 9.17) is 4.74 Å². The Hall–Kier alpha value is -4.42. The maximum absolute atomic E-state index is 13.4. The lowest BCUT2D eigenvalue weighted by molar-refractivity contribution is -0.115. The van der Waals surface area contributed by atoms with Gasteiger partial charge in [-0.05, 0) is 51.1 Å². The van der Waals surface area contributed by atoms with E-state index in [-0.39, 0.29) is 40.3 Å². The van der Waals surface area contributed by atoms with Crippen LogP contribution < -0.4 is 25.4 Å². The van der Waals surface area contributed by atoms with Crippen molar-refractivity contribution < 1.29 is 23.1 Å². The molecule has 4 rings (SSSR count). The second-order valence-electron chi connectivity index (χ2n) is 9.74. The number of nitrogens with zero attached hydrogens (tertiary/aromatic N) is 2. The number of carbonyl (C=O) groups is 1. The summed E-state index contributed by atoms with van der Waals surface area (Å²) in [5.41, 5.74) is 1.49. The lowest BCUT2D eigenvalue weighted by Crippen LogP contribution is -2.41. The smallest absolute Gasteiger partial charge is 0.263 e. The maximum atomic E-state index is 13.4. The summed E-state index contributed by atoms with van der Waals surface area (Å²) in [5, 5.41) is 18.8. The third kappa shape index (κ3) is 7.33. The predicted octanol–water partition coefficient (Wildman–Crippen LogP) is 4.22. The number of rotatable bonds is 9. The molecule has 0 fully saturated rings. The van der Waals surface area contributed by atoms with E-state index in [0.29, 0.717) is 28.2 Å². The zero-order valence-electron chi connectivity index (χ0n) is 21.9. The summed E-state index contributed by atoms with van der Waals surface area (Å²) in [5.74, 6) is 0.0950. The molecule has 1 aromatic heterocycles. The normalized spacial score (nSPS) is 11.7. The summed E-state index contributed by atoms with van der Waals surface area (Å²) in [6.07, 6.45) is 0. The molecule has 0 saturated carbocycles. The van der Waals surface area contributed by atoms with Gasteiger partial charge in [-0.3, -0.25) is 9.52 Å². The van der Waals surface area contributed by atoms with Crippen LogP contribution in [-0.4, -0.2) is 48.6 Å². The second-order valence-corrected chi connectivity index (χ2v) is 11.4. The van der Waals surface area contributed by atoms with E-state index in [1.807, 2.05) is 20.8 Å². The SMILES string of the molecule is COc1cc(O)cc(Nc2nc3ccccc3nc2NS(=O)(=O)c2cccc(NC(=O)CNC(C)(C)C)c2)c1. The summed E-state index contributed by atoms with van der Waals surface area (Å²) in [6, 6.07) is 17.4. The van der Waals surface area contributed by atoms with Crippen molar-refractivity contribution in [1.82, 2.24) is 15.3 Å². The first-order valence-corrected chi connectivity index (χ1v) is 13.5. The number of carbonyl (C=O) groups excluding carboxylic acids is 1.